The zero-order chi connectivity index (χ0) is 24.7. The maximum absolute atomic E-state index is 13.4. The standard InChI is InChI=1S/C27H30N4O3S/c1-19-24(20(2)31(28-19)23-13-14-35(33,34)18-23)16-29(3)27(32)17-30-25-12-8-7-11-22(25)15-26(30)21-9-5-4-6-10-21/h4-12,15,23H,13-14,16-18H2,1-3H3/t23-/m1/s1. The predicted octanol–water partition coefficient (Wildman–Crippen LogP) is 4.14. The van der Waals surface area contributed by atoms with Crippen molar-refractivity contribution in [3.05, 3.63) is 77.6 Å². The van der Waals surface area contributed by atoms with Crippen molar-refractivity contribution < 1.29 is 13.2 Å². The molecule has 4 aromatic rings. The van der Waals surface area contributed by atoms with Gasteiger partial charge in [0.1, 0.15) is 6.54 Å². The van der Waals surface area contributed by atoms with Gasteiger partial charge in [0.2, 0.25) is 5.91 Å². The first-order valence-corrected chi connectivity index (χ1v) is 13.7. The Morgan fingerprint density at radius 1 is 1.09 bits per heavy atom. The molecule has 2 aromatic carbocycles. The Morgan fingerprint density at radius 3 is 2.51 bits per heavy atom. The lowest BCUT2D eigenvalue weighted by Crippen LogP contribution is -2.30. The van der Waals surface area contributed by atoms with Gasteiger partial charge in [0.15, 0.2) is 9.84 Å². The third-order valence-corrected chi connectivity index (χ3v) is 8.77. The number of aryl methyl sites for hydroxylation is 1. The average Bonchev–Trinajstić information content (AvgIpc) is 3.48. The molecule has 7 nitrogen and oxygen atoms in total. The number of hydrogen-bond donors (Lipinski definition) is 0. The molecule has 0 aliphatic carbocycles. The zero-order valence-corrected chi connectivity index (χ0v) is 21.1. The molecule has 0 spiro atoms. The number of fused-ring (bicyclic) bond motifs is 1. The van der Waals surface area contributed by atoms with Crippen molar-refractivity contribution in [1.29, 1.82) is 0 Å². The summed E-state index contributed by atoms with van der Waals surface area (Å²) in [5, 5.41) is 5.75. The molecule has 1 atom stereocenters. The van der Waals surface area contributed by atoms with Crippen LogP contribution in [-0.2, 0) is 27.7 Å². The maximum atomic E-state index is 13.4. The summed E-state index contributed by atoms with van der Waals surface area (Å²) in [6.07, 6.45) is 0.585. The molecule has 1 amide bonds. The van der Waals surface area contributed by atoms with Crippen LogP contribution in [-0.4, -0.2) is 52.1 Å². The third-order valence-electron chi connectivity index (χ3n) is 7.02. The number of likely N-dealkylation sites (N-methyl/N-ethyl adjacent to an activating group) is 1. The maximum Gasteiger partial charge on any atom is 0.242 e. The molecule has 1 fully saturated rings. The second-order valence-electron chi connectivity index (χ2n) is 9.44. The van der Waals surface area contributed by atoms with Crippen molar-refractivity contribution in [3.8, 4) is 11.3 Å². The number of carbonyl (C=O) groups is 1. The summed E-state index contributed by atoms with van der Waals surface area (Å²) < 4.78 is 27.9. The van der Waals surface area contributed by atoms with Gasteiger partial charge in [0, 0.05) is 41.4 Å². The highest BCUT2D eigenvalue weighted by molar-refractivity contribution is 7.91. The van der Waals surface area contributed by atoms with Crippen LogP contribution in [0.1, 0.15) is 29.4 Å². The summed E-state index contributed by atoms with van der Waals surface area (Å²) in [6.45, 7) is 4.54. The Hall–Kier alpha value is -3.39. The van der Waals surface area contributed by atoms with Gasteiger partial charge in [-0.15, -0.1) is 0 Å². The summed E-state index contributed by atoms with van der Waals surface area (Å²) in [7, 11) is -1.19. The first kappa shape index (κ1) is 23.4. The van der Waals surface area contributed by atoms with E-state index in [9.17, 15) is 13.2 Å². The molecule has 5 rings (SSSR count). The lowest BCUT2D eigenvalue weighted by molar-refractivity contribution is -0.130. The van der Waals surface area contributed by atoms with Gasteiger partial charge in [-0.1, -0.05) is 48.5 Å². The number of amides is 1. The summed E-state index contributed by atoms with van der Waals surface area (Å²) in [5.74, 6) is 0.336. The number of para-hydroxylation sites is 1. The largest absolute Gasteiger partial charge is 0.340 e. The smallest absolute Gasteiger partial charge is 0.242 e. The minimum Gasteiger partial charge on any atom is -0.340 e. The molecule has 1 aliphatic rings. The molecule has 1 aliphatic heterocycles. The number of rotatable bonds is 6. The molecule has 3 heterocycles. The Balaban J connectivity index is 1.40. The van der Waals surface area contributed by atoms with E-state index < -0.39 is 9.84 Å². The fraction of sp³-hybridized carbons (Fsp3) is 0.333. The number of nitrogens with zero attached hydrogens (tertiary/aromatic N) is 4. The van der Waals surface area contributed by atoms with E-state index in [0.717, 1.165) is 39.1 Å². The van der Waals surface area contributed by atoms with Gasteiger partial charge in [-0.05, 0) is 38.0 Å². The van der Waals surface area contributed by atoms with Crippen molar-refractivity contribution >= 4 is 26.6 Å². The van der Waals surface area contributed by atoms with Gasteiger partial charge >= 0.3 is 0 Å². The Bertz CT molecular complexity index is 1500. The van der Waals surface area contributed by atoms with Crippen molar-refractivity contribution in [3.63, 3.8) is 0 Å². The van der Waals surface area contributed by atoms with E-state index in [1.54, 1.807) is 4.90 Å². The molecule has 0 unspecified atom stereocenters. The molecular formula is C27H30N4O3S. The molecule has 1 saturated heterocycles. The number of benzene rings is 2. The Morgan fingerprint density at radius 2 is 1.80 bits per heavy atom. The summed E-state index contributed by atoms with van der Waals surface area (Å²) in [4.78, 5) is 15.1. The van der Waals surface area contributed by atoms with Crippen LogP contribution in [0.3, 0.4) is 0 Å². The SMILES string of the molecule is Cc1nn([C@@H]2CCS(=O)(=O)C2)c(C)c1CN(C)C(=O)Cn1c(-c2ccccc2)cc2ccccc21. The molecule has 2 aromatic heterocycles. The number of aromatic nitrogens is 3. The van der Waals surface area contributed by atoms with Crippen LogP contribution < -0.4 is 0 Å². The van der Waals surface area contributed by atoms with Crippen LogP contribution in [0.2, 0.25) is 0 Å². The number of hydrogen-bond acceptors (Lipinski definition) is 4. The topological polar surface area (TPSA) is 77.2 Å². The normalized spacial score (nSPS) is 17.2. The first-order valence-electron chi connectivity index (χ1n) is 11.9. The van der Waals surface area contributed by atoms with E-state index in [0.29, 0.717) is 13.0 Å². The summed E-state index contributed by atoms with van der Waals surface area (Å²) >= 11 is 0. The van der Waals surface area contributed by atoms with Crippen LogP contribution in [0.5, 0.6) is 0 Å². The zero-order valence-electron chi connectivity index (χ0n) is 20.3. The van der Waals surface area contributed by atoms with Crippen LogP contribution >= 0.6 is 0 Å². The highest BCUT2D eigenvalue weighted by Gasteiger charge is 2.31. The van der Waals surface area contributed by atoms with Crippen LogP contribution in [0, 0.1) is 13.8 Å². The van der Waals surface area contributed by atoms with Crippen molar-refractivity contribution in [2.24, 2.45) is 0 Å². The molecule has 0 bridgehead atoms. The minimum atomic E-state index is -3.00. The average molecular weight is 491 g/mol. The highest BCUT2D eigenvalue weighted by Crippen LogP contribution is 2.29. The quantitative estimate of drug-likeness (QED) is 0.407. The molecule has 182 valence electrons. The molecule has 0 radical (unpaired) electrons. The summed E-state index contributed by atoms with van der Waals surface area (Å²) in [6, 6.07) is 20.2. The van der Waals surface area contributed by atoms with E-state index in [4.69, 9.17) is 0 Å². The van der Waals surface area contributed by atoms with Gasteiger partial charge in [-0.3, -0.25) is 9.48 Å². The van der Waals surface area contributed by atoms with Crippen LogP contribution in [0.25, 0.3) is 22.2 Å². The van der Waals surface area contributed by atoms with E-state index in [-0.39, 0.29) is 30.0 Å². The lowest BCUT2D eigenvalue weighted by Gasteiger charge is -2.20. The number of sulfone groups is 1. The first-order chi connectivity index (χ1) is 16.7. The van der Waals surface area contributed by atoms with Crippen LogP contribution in [0.15, 0.2) is 60.7 Å². The molecule has 35 heavy (non-hydrogen) atoms. The van der Waals surface area contributed by atoms with Gasteiger partial charge in [-0.25, -0.2) is 8.42 Å². The second-order valence-corrected chi connectivity index (χ2v) is 11.7. The molecule has 8 heteroatoms. The minimum absolute atomic E-state index is 0.00136. The summed E-state index contributed by atoms with van der Waals surface area (Å²) in [5.41, 5.74) is 5.85. The van der Waals surface area contributed by atoms with Crippen molar-refractivity contribution in [2.45, 2.75) is 39.4 Å². The Kier molecular flexibility index (Phi) is 6.01. The lowest BCUT2D eigenvalue weighted by atomic mass is 10.1. The molecule has 0 N–H and O–H groups in total. The van der Waals surface area contributed by atoms with Gasteiger partial charge in [0.05, 0.1) is 23.2 Å². The highest BCUT2D eigenvalue weighted by atomic mass is 32.2. The monoisotopic (exact) mass is 490 g/mol. The Labute approximate surface area is 205 Å². The van der Waals surface area contributed by atoms with E-state index >= 15 is 0 Å². The fourth-order valence-electron chi connectivity index (χ4n) is 5.06. The predicted molar refractivity (Wildman–Crippen MR) is 138 cm³/mol. The van der Waals surface area contributed by atoms with Gasteiger partial charge in [-0.2, -0.15) is 5.10 Å². The molecular weight excluding hydrogens is 460 g/mol. The molecule has 0 saturated carbocycles. The van der Waals surface area contributed by atoms with E-state index in [2.05, 4.69) is 33.9 Å². The van der Waals surface area contributed by atoms with Crippen molar-refractivity contribution in [2.75, 3.05) is 18.6 Å². The van der Waals surface area contributed by atoms with Gasteiger partial charge < -0.3 is 9.47 Å². The third kappa shape index (κ3) is 4.50. The number of carbonyl (C=O) groups excluding carboxylic acids is 1. The van der Waals surface area contributed by atoms with E-state index in [1.807, 2.05) is 62.0 Å². The van der Waals surface area contributed by atoms with Gasteiger partial charge in [0.25, 0.3) is 0 Å². The van der Waals surface area contributed by atoms with Crippen molar-refractivity contribution in [1.82, 2.24) is 19.2 Å². The second kappa shape index (κ2) is 9.00. The van der Waals surface area contributed by atoms with E-state index in [1.165, 1.54) is 0 Å². The van der Waals surface area contributed by atoms with Crippen LogP contribution in [0.4, 0.5) is 0 Å². The fourth-order valence-corrected chi connectivity index (χ4v) is 6.75.